The van der Waals surface area contributed by atoms with Gasteiger partial charge in [-0.25, -0.2) is 0 Å². The van der Waals surface area contributed by atoms with Gasteiger partial charge in [-0.2, -0.15) is 4.58 Å². The standard InChI is InChI=1S/C15H20N/c1-10-8-12-6-5-7-16-11(2)15(3,4)13(9-10)14(12)16/h8-9H,5-7H2,1-4H3/q+1. The van der Waals surface area contributed by atoms with Gasteiger partial charge in [0.1, 0.15) is 6.54 Å². The van der Waals surface area contributed by atoms with Crippen molar-refractivity contribution in [1.82, 2.24) is 0 Å². The van der Waals surface area contributed by atoms with E-state index in [1.54, 1.807) is 11.1 Å². The zero-order valence-corrected chi connectivity index (χ0v) is 10.7. The number of rotatable bonds is 0. The third-order valence-corrected chi connectivity index (χ3v) is 4.41. The normalized spacial score (nSPS) is 21.2. The number of benzene rings is 1. The molecule has 0 amide bonds. The van der Waals surface area contributed by atoms with Crippen LogP contribution in [-0.2, 0) is 11.8 Å². The summed E-state index contributed by atoms with van der Waals surface area (Å²) in [6.07, 6.45) is 2.55. The second-order valence-electron chi connectivity index (χ2n) is 5.79. The number of hydrogen-bond donors (Lipinski definition) is 0. The van der Waals surface area contributed by atoms with E-state index in [-0.39, 0.29) is 5.41 Å². The van der Waals surface area contributed by atoms with Crippen LogP contribution in [-0.4, -0.2) is 16.8 Å². The molecule has 16 heavy (non-hydrogen) atoms. The first kappa shape index (κ1) is 10.1. The van der Waals surface area contributed by atoms with Crippen LogP contribution in [0.5, 0.6) is 0 Å². The summed E-state index contributed by atoms with van der Waals surface area (Å²) in [7, 11) is 0. The Kier molecular flexibility index (Phi) is 1.87. The third kappa shape index (κ3) is 1.09. The van der Waals surface area contributed by atoms with Crippen molar-refractivity contribution in [3.8, 4) is 0 Å². The molecule has 84 valence electrons. The highest BCUT2D eigenvalue weighted by Gasteiger charge is 2.45. The van der Waals surface area contributed by atoms with E-state index in [1.165, 1.54) is 36.3 Å². The monoisotopic (exact) mass is 214 g/mol. The van der Waals surface area contributed by atoms with Crippen LogP contribution in [0.4, 0.5) is 5.69 Å². The predicted octanol–water partition coefficient (Wildman–Crippen LogP) is 3.34. The minimum Gasteiger partial charge on any atom is -0.199 e. The first-order valence-corrected chi connectivity index (χ1v) is 6.27. The molecule has 2 aliphatic heterocycles. The maximum Gasteiger partial charge on any atom is 0.212 e. The molecular formula is C15H20N+. The summed E-state index contributed by atoms with van der Waals surface area (Å²) in [6.45, 7) is 10.4. The van der Waals surface area contributed by atoms with E-state index in [0.29, 0.717) is 0 Å². The molecule has 0 fully saturated rings. The van der Waals surface area contributed by atoms with Gasteiger partial charge in [-0.3, -0.25) is 0 Å². The second kappa shape index (κ2) is 2.97. The summed E-state index contributed by atoms with van der Waals surface area (Å²) in [4.78, 5) is 0. The Bertz CT molecular complexity index is 506. The van der Waals surface area contributed by atoms with E-state index in [4.69, 9.17) is 0 Å². The number of aryl methyl sites for hydroxylation is 2. The van der Waals surface area contributed by atoms with Gasteiger partial charge in [-0.1, -0.05) is 5.56 Å². The van der Waals surface area contributed by atoms with Crippen LogP contribution < -0.4 is 0 Å². The van der Waals surface area contributed by atoms with E-state index >= 15 is 0 Å². The fourth-order valence-corrected chi connectivity index (χ4v) is 3.25. The molecule has 0 saturated carbocycles. The average molecular weight is 214 g/mol. The summed E-state index contributed by atoms with van der Waals surface area (Å²) in [5, 5.41) is 0. The van der Waals surface area contributed by atoms with Crippen LogP contribution in [0.1, 0.15) is 43.9 Å². The van der Waals surface area contributed by atoms with Gasteiger partial charge in [0.15, 0.2) is 5.71 Å². The highest BCUT2D eigenvalue weighted by Crippen LogP contribution is 2.44. The van der Waals surface area contributed by atoms with Gasteiger partial charge in [-0.15, -0.1) is 0 Å². The molecule has 0 unspecified atom stereocenters. The van der Waals surface area contributed by atoms with Crippen LogP contribution in [0.25, 0.3) is 0 Å². The van der Waals surface area contributed by atoms with Gasteiger partial charge in [0.05, 0.1) is 5.41 Å². The molecule has 0 radical (unpaired) electrons. The molecule has 1 nitrogen and oxygen atoms in total. The first-order chi connectivity index (χ1) is 7.51. The van der Waals surface area contributed by atoms with Crippen molar-refractivity contribution in [2.45, 2.75) is 46.0 Å². The summed E-state index contributed by atoms with van der Waals surface area (Å²) in [6, 6.07) is 4.76. The highest BCUT2D eigenvalue weighted by atomic mass is 15.1. The maximum absolute atomic E-state index is 2.55. The summed E-state index contributed by atoms with van der Waals surface area (Å²) in [5.41, 5.74) is 7.79. The molecule has 0 aromatic heterocycles. The molecule has 1 heteroatoms. The van der Waals surface area contributed by atoms with Crippen molar-refractivity contribution >= 4 is 11.4 Å². The van der Waals surface area contributed by atoms with Gasteiger partial charge in [-0.05, 0) is 39.3 Å². The molecular weight excluding hydrogens is 194 g/mol. The van der Waals surface area contributed by atoms with Crippen molar-refractivity contribution in [2.75, 3.05) is 6.54 Å². The quantitative estimate of drug-likeness (QED) is 0.583. The highest BCUT2D eigenvalue weighted by molar-refractivity contribution is 5.94. The zero-order chi connectivity index (χ0) is 11.5. The summed E-state index contributed by atoms with van der Waals surface area (Å²) >= 11 is 0. The fraction of sp³-hybridized carbons (Fsp3) is 0.533. The lowest BCUT2D eigenvalue weighted by molar-refractivity contribution is -0.444. The molecule has 3 rings (SSSR count). The van der Waals surface area contributed by atoms with Crippen molar-refractivity contribution in [1.29, 1.82) is 0 Å². The van der Waals surface area contributed by atoms with Crippen LogP contribution in [0.15, 0.2) is 12.1 Å². The van der Waals surface area contributed by atoms with Crippen LogP contribution >= 0.6 is 0 Å². The Morgan fingerprint density at radius 1 is 1.19 bits per heavy atom. The van der Waals surface area contributed by atoms with Crippen LogP contribution in [0.3, 0.4) is 0 Å². The third-order valence-electron chi connectivity index (χ3n) is 4.41. The van der Waals surface area contributed by atoms with Crippen molar-refractivity contribution < 1.29 is 4.58 Å². The van der Waals surface area contributed by atoms with Crippen molar-refractivity contribution in [3.63, 3.8) is 0 Å². The van der Waals surface area contributed by atoms with E-state index in [9.17, 15) is 0 Å². The molecule has 0 saturated heterocycles. The molecule has 0 N–H and O–H groups in total. The van der Waals surface area contributed by atoms with Crippen molar-refractivity contribution in [2.24, 2.45) is 0 Å². The van der Waals surface area contributed by atoms with Gasteiger partial charge in [0.2, 0.25) is 5.69 Å². The van der Waals surface area contributed by atoms with Crippen LogP contribution in [0.2, 0.25) is 0 Å². The molecule has 1 aromatic rings. The van der Waals surface area contributed by atoms with Gasteiger partial charge >= 0.3 is 0 Å². The molecule has 0 aliphatic carbocycles. The molecule has 0 atom stereocenters. The van der Waals surface area contributed by atoms with Gasteiger partial charge in [0.25, 0.3) is 0 Å². The first-order valence-electron chi connectivity index (χ1n) is 6.27. The Morgan fingerprint density at radius 2 is 1.94 bits per heavy atom. The SMILES string of the molecule is CC1=[N+]2CCCc3cc(C)cc(c32)C1(C)C. The average Bonchev–Trinajstić information content (AvgIpc) is 2.42. The second-order valence-corrected chi connectivity index (χ2v) is 5.79. The number of hydrogen-bond acceptors (Lipinski definition) is 0. The van der Waals surface area contributed by atoms with Gasteiger partial charge < -0.3 is 0 Å². The number of nitrogens with zero attached hydrogens (tertiary/aromatic N) is 1. The fourth-order valence-electron chi connectivity index (χ4n) is 3.25. The maximum atomic E-state index is 2.55. The van der Waals surface area contributed by atoms with Crippen molar-refractivity contribution in [3.05, 3.63) is 28.8 Å². The van der Waals surface area contributed by atoms with E-state index in [1.807, 2.05) is 0 Å². The lowest BCUT2D eigenvalue weighted by Crippen LogP contribution is -2.27. The topological polar surface area (TPSA) is 3.01 Å². The van der Waals surface area contributed by atoms with E-state index < -0.39 is 0 Å². The van der Waals surface area contributed by atoms with E-state index in [2.05, 4.69) is 44.4 Å². The Morgan fingerprint density at radius 3 is 2.69 bits per heavy atom. The zero-order valence-electron chi connectivity index (χ0n) is 10.7. The smallest absolute Gasteiger partial charge is 0.199 e. The predicted molar refractivity (Wildman–Crippen MR) is 68.0 cm³/mol. The molecule has 2 aliphatic rings. The minimum absolute atomic E-state index is 0.223. The lowest BCUT2D eigenvalue weighted by Gasteiger charge is -2.16. The lowest BCUT2D eigenvalue weighted by atomic mass is 9.80. The summed E-state index contributed by atoms with van der Waals surface area (Å²) < 4.78 is 2.55. The Balaban J connectivity index is 2.38. The molecule has 0 bridgehead atoms. The largest absolute Gasteiger partial charge is 0.212 e. The minimum atomic E-state index is 0.223. The Hall–Kier alpha value is -1.11. The molecule has 0 spiro atoms. The van der Waals surface area contributed by atoms with E-state index in [0.717, 1.165) is 0 Å². The van der Waals surface area contributed by atoms with Crippen LogP contribution in [0, 0.1) is 6.92 Å². The summed E-state index contributed by atoms with van der Waals surface area (Å²) in [5.74, 6) is 0. The Labute approximate surface area is 97.8 Å². The van der Waals surface area contributed by atoms with Gasteiger partial charge in [0, 0.05) is 24.5 Å². The molecule has 1 aromatic carbocycles. The molecule has 2 heterocycles.